The lowest BCUT2D eigenvalue weighted by Crippen LogP contribution is -2.34. The molecule has 0 saturated carbocycles. The number of fused-ring (bicyclic) bond motifs is 1. The van der Waals surface area contributed by atoms with Gasteiger partial charge in [0.25, 0.3) is 0 Å². The molecule has 2 atom stereocenters. The molecular formula is C12H14N4. The molecular weight excluding hydrogens is 200 g/mol. The summed E-state index contributed by atoms with van der Waals surface area (Å²) in [4.78, 5) is 6.52. The first-order valence-electron chi connectivity index (χ1n) is 5.71. The number of aromatic nitrogens is 1. The Morgan fingerprint density at radius 2 is 2.38 bits per heavy atom. The largest absolute Gasteiger partial charge is 0.366 e. The maximum absolute atomic E-state index is 8.87. The first kappa shape index (κ1) is 9.61. The van der Waals surface area contributed by atoms with Crippen LogP contribution >= 0.6 is 0 Å². The fourth-order valence-electron chi connectivity index (χ4n) is 2.82. The van der Waals surface area contributed by atoms with Crippen LogP contribution in [0.25, 0.3) is 0 Å². The van der Waals surface area contributed by atoms with Gasteiger partial charge in [0.05, 0.1) is 17.4 Å². The van der Waals surface area contributed by atoms with Crippen molar-refractivity contribution in [2.24, 2.45) is 5.92 Å². The number of hydrogen-bond donors (Lipinski definition) is 1. The standard InChI is InChI=1S/C12H14N4/c13-4-9-3-11(7-14-5-9)16-2-1-10-6-15-8-12(10)16/h3,5,7,10,12,15H,1-2,6,8H2/t10-,12+/m0/s1. The Morgan fingerprint density at radius 1 is 1.44 bits per heavy atom. The first-order chi connectivity index (χ1) is 7.88. The smallest absolute Gasteiger partial charge is 0.101 e. The second kappa shape index (κ2) is 3.76. The molecule has 16 heavy (non-hydrogen) atoms. The van der Waals surface area contributed by atoms with Crippen LogP contribution in [0.15, 0.2) is 18.5 Å². The topological polar surface area (TPSA) is 52.0 Å². The van der Waals surface area contributed by atoms with Crippen molar-refractivity contribution in [1.29, 1.82) is 5.26 Å². The summed E-state index contributed by atoms with van der Waals surface area (Å²) in [6.07, 6.45) is 4.72. The predicted molar refractivity (Wildman–Crippen MR) is 61.1 cm³/mol. The number of nitrogens with zero attached hydrogens (tertiary/aromatic N) is 3. The Hall–Kier alpha value is -1.60. The van der Waals surface area contributed by atoms with Gasteiger partial charge >= 0.3 is 0 Å². The number of nitrogens with one attached hydrogen (secondary N) is 1. The fourth-order valence-corrected chi connectivity index (χ4v) is 2.82. The maximum atomic E-state index is 8.87. The Balaban J connectivity index is 1.89. The Labute approximate surface area is 94.9 Å². The van der Waals surface area contributed by atoms with E-state index < -0.39 is 0 Å². The highest BCUT2D eigenvalue weighted by atomic mass is 15.2. The van der Waals surface area contributed by atoms with Crippen molar-refractivity contribution in [1.82, 2.24) is 10.3 Å². The van der Waals surface area contributed by atoms with Crippen LogP contribution in [0.1, 0.15) is 12.0 Å². The highest BCUT2D eigenvalue weighted by Crippen LogP contribution is 2.31. The van der Waals surface area contributed by atoms with Crippen molar-refractivity contribution in [3.8, 4) is 6.07 Å². The molecule has 2 fully saturated rings. The van der Waals surface area contributed by atoms with Gasteiger partial charge in [-0.05, 0) is 18.4 Å². The molecule has 1 aromatic rings. The van der Waals surface area contributed by atoms with Gasteiger partial charge in [-0.15, -0.1) is 0 Å². The van der Waals surface area contributed by atoms with Crippen molar-refractivity contribution in [2.75, 3.05) is 24.5 Å². The summed E-state index contributed by atoms with van der Waals surface area (Å²) in [6.45, 7) is 3.28. The van der Waals surface area contributed by atoms with Gasteiger partial charge in [0.1, 0.15) is 6.07 Å². The summed E-state index contributed by atoms with van der Waals surface area (Å²) in [5.74, 6) is 0.769. The van der Waals surface area contributed by atoms with Crippen LogP contribution in [0.4, 0.5) is 5.69 Å². The average molecular weight is 214 g/mol. The molecule has 4 heteroatoms. The summed E-state index contributed by atoms with van der Waals surface area (Å²) in [5, 5.41) is 12.3. The van der Waals surface area contributed by atoms with Crippen LogP contribution in [0.5, 0.6) is 0 Å². The summed E-state index contributed by atoms with van der Waals surface area (Å²) >= 11 is 0. The minimum absolute atomic E-state index is 0.593. The van der Waals surface area contributed by atoms with Crippen molar-refractivity contribution >= 4 is 5.69 Å². The minimum Gasteiger partial charge on any atom is -0.366 e. The van der Waals surface area contributed by atoms with Crippen LogP contribution in [0, 0.1) is 17.2 Å². The minimum atomic E-state index is 0.593. The van der Waals surface area contributed by atoms with Crippen LogP contribution in [0.3, 0.4) is 0 Å². The van der Waals surface area contributed by atoms with Crippen molar-refractivity contribution < 1.29 is 0 Å². The van der Waals surface area contributed by atoms with Gasteiger partial charge in [-0.3, -0.25) is 4.98 Å². The molecule has 2 saturated heterocycles. The van der Waals surface area contributed by atoms with E-state index in [4.69, 9.17) is 5.26 Å². The van der Waals surface area contributed by atoms with Crippen LogP contribution < -0.4 is 10.2 Å². The lowest BCUT2D eigenvalue weighted by atomic mass is 10.1. The highest BCUT2D eigenvalue weighted by molar-refractivity contribution is 5.51. The molecule has 4 nitrogen and oxygen atoms in total. The second-order valence-electron chi connectivity index (χ2n) is 4.51. The summed E-state index contributed by atoms with van der Waals surface area (Å²) in [7, 11) is 0. The summed E-state index contributed by atoms with van der Waals surface area (Å²) in [6, 6.07) is 4.68. The monoisotopic (exact) mass is 214 g/mol. The lowest BCUT2D eigenvalue weighted by Gasteiger charge is -2.25. The average Bonchev–Trinajstić information content (AvgIpc) is 2.90. The van der Waals surface area contributed by atoms with E-state index in [1.165, 1.54) is 6.42 Å². The maximum Gasteiger partial charge on any atom is 0.101 e. The Bertz CT molecular complexity index is 437. The number of nitriles is 1. The molecule has 0 bridgehead atoms. The molecule has 0 spiro atoms. The SMILES string of the molecule is N#Cc1cncc(N2CC[C@H]3CNC[C@H]32)c1. The number of anilines is 1. The van der Waals surface area contributed by atoms with E-state index in [0.29, 0.717) is 11.6 Å². The van der Waals surface area contributed by atoms with Gasteiger partial charge < -0.3 is 10.2 Å². The fraction of sp³-hybridized carbons (Fsp3) is 0.500. The van der Waals surface area contributed by atoms with Gasteiger partial charge in [-0.2, -0.15) is 5.26 Å². The van der Waals surface area contributed by atoms with Crippen LogP contribution in [-0.2, 0) is 0 Å². The second-order valence-corrected chi connectivity index (χ2v) is 4.51. The van der Waals surface area contributed by atoms with Crippen molar-refractivity contribution in [2.45, 2.75) is 12.5 Å². The van der Waals surface area contributed by atoms with Crippen molar-refractivity contribution in [3.05, 3.63) is 24.0 Å². The molecule has 82 valence electrons. The molecule has 3 rings (SSSR count). The molecule has 0 amide bonds. The van der Waals surface area contributed by atoms with Gasteiger partial charge in [-0.1, -0.05) is 0 Å². The van der Waals surface area contributed by atoms with E-state index in [9.17, 15) is 0 Å². The number of pyridine rings is 1. The molecule has 0 radical (unpaired) electrons. The van der Waals surface area contributed by atoms with E-state index in [1.807, 2.05) is 12.3 Å². The predicted octanol–water partition coefficient (Wildman–Crippen LogP) is 0.751. The van der Waals surface area contributed by atoms with Crippen molar-refractivity contribution in [3.63, 3.8) is 0 Å². The third kappa shape index (κ3) is 1.44. The van der Waals surface area contributed by atoms with E-state index in [-0.39, 0.29) is 0 Å². The van der Waals surface area contributed by atoms with Gasteiger partial charge in [0, 0.05) is 31.9 Å². The Morgan fingerprint density at radius 3 is 3.25 bits per heavy atom. The summed E-state index contributed by atoms with van der Waals surface area (Å²) in [5.41, 5.74) is 1.74. The Kier molecular flexibility index (Phi) is 2.26. The van der Waals surface area contributed by atoms with E-state index in [2.05, 4.69) is 21.3 Å². The van der Waals surface area contributed by atoms with E-state index >= 15 is 0 Å². The van der Waals surface area contributed by atoms with Gasteiger partial charge in [-0.25, -0.2) is 0 Å². The molecule has 2 aliphatic rings. The molecule has 1 aromatic heterocycles. The van der Waals surface area contributed by atoms with E-state index in [1.54, 1.807) is 6.20 Å². The number of hydrogen-bond acceptors (Lipinski definition) is 4. The lowest BCUT2D eigenvalue weighted by molar-refractivity contribution is 0.578. The zero-order chi connectivity index (χ0) is 11.0. The normalized spacial score (nSPS) is 27.8. The van der Waals surface area contributed by atoms with E-state index in [0.717, 1.165) is 31.2 Å². The molecule has 2 aliphatic heterocycles. The van der Waals surface area contributed by atoms with Gasteiger partial charge in [0.15, 0.2) is 0 Å². The molecule has 3 heterocycles. The zero-order valence-electron chi connectivity index (χ0n) is 9.06. The quantitative estimate of drug-likeness (QED) is 0.749. The van der Waals surface area contributed by atoms with Crippen LogP contribution in [-0.4, -0.2) is 30.7 Å². The summed E-state index contributed by atoms with van der Waals surface area (Å²) < 4.78 is 0. The first-order valence-corrected chi connectivity index (χ1v) is 5.71. The molecule has 0 unspecified atom stereocenters. The third-order valence-electron chi connectivity index (χ3n) is 3.63. The third-order valence-corrected chi connectivity index (χ3v) is 3.63. The zero-order valence-corrected chi connectivity index (χ0v) is 9.06. The highest BCUT2D eigenvalue weighted by Gasteiger charge is 2.37. The molecule has 0 aromatic carbocycles. The number of rotatable bonds is 1. The van der Waals surface area contributed by atoms with Gasteiger partial charge in [0.2, 0.25) is 0 Å². The molecule has 1 N–H and O–H groups in total. The molecule has 0 aliphatic carbocycles. The van der Waals surface area contributed by atoms with Crippen LogP contribution in [0.2, 0.25) is 0 Å².